The molecule has 3 aromatic rings. The first-order chi connectivity index (χ1) is 18.4. The number of anilines is 2. The maximum atomic E-state index is 14.7. The maximum Gasteiger partial charge on any atom is 0.393 e. The van der Waals surface area contributed by atoms with E-state index >= 15 is 0 Å². The topological polar surface area (TPSA) is 90.3 Å². The molecule has 4 rings (SSSR count). The van der Waals surface area contributed by atoms with E-state index in [-0.39, 0.29) is 23.0 Å². The molecule has 2 aromatic heterocycles. The first kappa shape index (κ1) is 28.9. The number of hydrogen-bond donors (Lipinski definition) is 3. The van der Waals surface area contributed by atoms with E-state index in [2.05, 4.69) is 27.5 Å². The highest BCUT2D eigenvalue weighted by Gasteiger charge is 2.32. The van der Waals surface area contributed by atoms with Crippen molar-refractivity contribution in [1.82, 2.24) is 9.88 Å². The monoisotopic (exact) mass is 583 g/mol. The number of pyridine rings is 1. The van der Waals surface area contributed by atoms with Crippen LogP contribution >= 0.6 is 11.3 Å². The number of nitrogens with one attached hydrogen (secondary N) is 3. The highest BCUT2D eigenvalue weighted by molar-refractivity contribution is 7.91. The average molecular weight is 584 g/mol. The van der Waals surface area contributed by atoms with Crippen LogP contribution in [-0.4, -0.2) is 72.5 Å². The molecule has 3 N–H and O–H groups in total. The zero-order chi connectivity index (χ0) is 28.4. The number of alkyl halides is 4. The molecular weight excluding hydrogens is 554 g/mol. The zero-order valence-corrected chi connectivity index (χ0v) is 23.2. The number of methoxy groups -OCH3 is 1. The SMILES string of the molecule is COc1nc([S@](C)(=N)=O)ccc1NCC#Cc1sc2c(N[C@@H]3CCN(C)C[C@H]3F)cccc2c1CC(F)(F)F. The minimum Gasteiger partial charge on any atom is -0.479 e. The lowest BCUT2D eigenvalue weighted by atomic mass is 10.0. The van der Waals surface area contributed by atoms with Gasteiger partial charge in [0.1, 0.15) is 11.2 Å². The van der Waals surface area contributed by atoms with Gasteiger partial charge in [-0.25, -0.2) is 18.4 Å². The third kappa shape index (κ3) is 7.12. The van der Waals surface area contributed by atoms with E-state index < -0.39 is 34.5 Å². The lowest BCUT2D eigenvalue weighted by Gasteiger charge is -2.33. The average Bonchev–Trinajstić information content (AvgIpc) is 3.19. The smallest absolute Gasteiger partial charge is 0.393 e. The van der Waals surface area contributed by atoms with Crippen molar-refractivity contribution in [2.45, 2.75) is 36.3 Å². The molecule has 3 heterocycles. The highest BCUT2D eigenvalue weighted by atomic mass is 32.2. The van der Waals surface area contributed by atoms with Crippen LogP contribution < -0.4 is 15.4 Å². The molecule has 1 aliphatic heterocycles. The molecule has 7 nitrogen and oxygen atoms in total. The first-order valence-corrected chi connectivity index (χ1v) is 14.9. The van der Waals surface area contributed by atoms with Gasteiger partial charge in [0, 0.05) is 19.3 Å². The molecule has 0 unspecified atom stereocenters. The Kier molecular flexibility index (Phi) is 8.58. The van der Waals surface area contributed by atoms with Crippen molar-refractivity contribution in [3.8, 4) is 17.7 Å². The second kappa shape index (κ2) is 11.6. The Balaban J connectivity index is 1.61. The third-order valence-corrected chi connectivity index (χ3v) is 8.50. The number of rotatable bonds is 7. The van der Waals surface area contributed by atoms with E-state index in [9.17, 15) is 21.8 Å². The van der Waals surface area contributed by atoms with E-state index in [0.717, 1.165) is 17.9 Å². The largest absolute Gasteiger partial charge is 0.479 e. The second-order valence-corrected chi connectivity index (χ2v) is 12.5. The van der Waals surface area contributed by atoms with Gasteiger partial charge in [-0.05, 0) is 42.6 Å². The van der Waals surface area contributed by atoms with Crippen LogP contribution in [0.25, 0.3) is 10.1 Å². The van der Waals surface area contributed by atoms with Crippen molar-refractivity contribution in [3.63, 3.8) is 0 Å². The fourth-order valence-corrected chi connectivity index (χ4v) is 6.13. The molecule has 0 amide bonds. The minimum atomic E-state index is -4.43. The molecule has 13 heteroatoms. The van der Waals surface area contributed by atoms with Crippen LogP contribution in [0.1, 0.15) is 16.9 Å². The van der Waals surface area contributed by atoms with Crippen LogP contribution in [-0.2, 0) is 16.1 Å². The van der Waals surface area contributed by atoms with E-state index in [1.165, 1.54) is 19.4 Å². The fourth-order valence-electron chi connectivity index (χ4n) is 4.37. The summed E-state index contributed by atoms with van der Waals surface area (Å²) < 4.78 is 80.7. The maximum absolute atomic E-state index is 14.7. The van der Waals surface area contributed by atoms with Gasteiger partial charge in [0.05, 0.1) is 56.8 Å². The van der Waals surface area contributed by atoms with Crippen molar-refractivity contribution >= 4 is 42.5 Å². The lowest BCUT2D eigenvalue weighted by molar-refractivity contribution is -0.126. The lowest BCUT2D eigenvalue weighted by Crippen LogP contribution is -2.46. The summed E-state index contributed by atoms with van der Waals surface area (Å²) in [5.74, 6) is 5.87. The van der Waals surface area contributed by atoms with Crippen molar-refractivity contribution in [3.05, 3.63) is 40.8 Å². The molecule has 0 spiro atoms. The molecule has 1 saturated heterocycles. The minimum absolute atomic E-state index is 0.0711. The number of likely N-dealkylation sites (tertiary alicyclic amines) is 1. The van der Waals surface area contributed by atoms with Gasteiger partial charge >= 0.3 is 6.18 Å². The van der Waals surface area contributed by atoms with Gasteiger partial charge in [-0.15, -0.1) is 11.3 Å². The summed E-state index contributed by atoms with van der Waals surface area (Å²) >= 11 is 1.15. The van der Waals surface area contributed by atoms with Gasteiger partial charge in [0.2, 0.25) is 5.88 Å². The van der Waals surface area contributed by atoms with Gasteiger partial charge in [-0.1, -0.05) is 24.0 Å². The Morgan fingerprint density at radius 1 is 1.28 bits per heavy atom. The number of thiophene rings is 1. The molecule has 0 bridgehead atoms. The molecular formula is C26H29F4N5O2S2. The molecule has 1 fully saturated rings. The number of nitrogens with zero attached hydrogens (tertiary/aromatic N) is 2. The van der Waals surface area contributed by atoms with Crippen molar-refractivity contribution in [1.29, 1.82) is 4.78 Å². The number of piperidine rings is 1. The predicted molar refractivity (Wildman–Crippen MR) is 147 cm³/mol. The van der Waals surface area contributed by atoms with E-state index in [1.807, 2.05) is 11.9 Å². The summed E-state index contributed by atoms with van der Waals surface area (Å²) in [5, 5.41) is 6.74. The first-order valence-electron chi connectivity index (χ1n) is 12.1. The van der Waals surface area contributed by atoms with Gasteiger partial charge in [0.15, 0.2) is 0 Å². The Morgan fingerprint density at radius 2 is 2.05 bits per heavy atom. The van der Waals surface area contributed by atoms with Gasteiger partial charge in [-0.2, -0.15) is 13.2 Å². The van der Waals surface area contributed by atoms with Crippen LogP contribution in [0.3, 0.4) is 0 Å². The number of hydrogen-bond acceptors (Lipinski definition) is 8. The highest BCUT2D eigenvalue weighted by Crippen LogP contribution is 2.39. The summed E-state index contributed by atoms with van der Waals surface area (Å²) in [6.07, 6.45) is -4.81. The number of ether oxygens (including phenoxy) is 1. The molecule has 1 aromatic carbocycles. The van der Waals surface area contributed by atoms with Crippen molar-refractivity contribution in [2.24, 2.45) is 0 Å². The molecule has 3 atom stereocenters. The quantitative estimate of drug-likeness (QED) is 0.256. The molecule has 0 saturated carbocycles. The van der Waals surface area contributed by atoms with Crippen LogP contribution in [0.2, 0.25) is 0 Å². The van der Waals surface area contributed by atoms with Crippen LogP contribution in [0.15, 0.2) is 35.4 Å². The molecule has 0 aliphatic carbocycles. The summed E-state index contributed by atoms with van der Waals surface area (Å²) in [6.45, 7) is 1.10. The third-order valence-electron chi connectivity index (χ3n) is 6.28. The van der Waals surface area contributed by atoms with Crippen LogP contribution in [0.5, 0.6) is 5.88 Å². The summed E-state index contributed by atoms with van der Waals surface area (Å²) in [5.41, 5.74) is 1.13. The predicted octanol–water partition coefficient (Wildman–Crippen LogP) is 5.36. The molecule has 0 radical (unpaired) electrons. The second-order valence-electron chi connectivity index (χ2n) is 9.41. The van der Waals surface area contributed by atoms with E-state index in [0.29, 0.717) is 39.3 Å². The van der Waals surface area contributed by atoms with Crippen LogP contribution in [0.4, 0.5) is 28.9 Å². The Hall–Kier alpha value is -3.08. The number of aromatic nitrogens is 1. The Labute approximate surface area is 228 Å². The molecule has 210 valence electrons. The molecule has 1 aliphatic rings. The number of fused-ring (bicyclic) bond motifs is 1. The summed E-state index contributed by atoms with van der Waals surface area (Å²) in [4.78, 5) is 6.30. The number of halogens is 4. The van der Waals surface area contributed by atoms with E-state index in [4.69, 9.17) is 9.52 Å². The Bertz CT molecular complexity index is 1510. The van der Waals surface area contributed by atoms with Crippen molar-refractivity contribution in [2.75, 3.05) is 50.7 Å². The summed E-state index contributed by atoms with van der Waals surface area (Å²) in [7, 11) is 0.208. The van der Waals surface area contributed by atoms with Gasteiger partial charge in [-0.3, -0.25) is 0 Å². The van der Waals surface area contributed by atoms with Gasteiger partial charge in [0.25, 0.3) is 0 Å². The molecule has 39 heavy (non-hydrogen) atoms. The number of benzene rings is 1. The van der Waals surface area contributed by atoms with Crippen molar-refractivity contribution < 1.29 is 26.5 Å². The normalized spacial score (nSPS) is 19.7. The fraction of sp³-hybridized carbons (Fsp3) is 0.423. The Morgan fingerprint density at radius 3 is 2.72 bits per heavy atom. The van der Waals surface area contributed by atoms with Crippen LogP contribution in [0, 0.1) is 16.6 Å². The van der Waals surface area contributed by atoms with Gasteiger partial charge < -0.3 is 20.3 Å². The van der Waals surface area contributed by atoms with E-state index in [1.54, 1.807) is 24.3 Å². The summed E-state index contributed by atoms with van der Waals surface area (Å²) in [6, 6.07) is 7.65. The zero-order valence-electron chi connectivity index (χ0n) is 21.6. The standard InChI is InChI=1S/C26H29F4N5O2S2/c1-35-13-11-19(18(27)15-35)33-20-7-4-6-16-17(14-26(28,29)30)22(38-24(16)20)8-5-12-32-21-9-10-23(39(3,31)36)34-25(21)37-2/h4,6-7,9-10,18-19,31-33H,11-15H2,1-3H3/t18-,19-,39-/m1/s1.